The van der Waals surface area contributed by atoms with Gasteiger partial charge in [0.2, 0.25) is 0 Å². The molecule has 0 bridgehead atoms. The van der Waals surface area contributed by atoms with Gasteiger partial charge in [0.25, 0.3) is 0 Å². The lowest BCUT2D eigenvalue weighted by atomic mass is 9.91. The summed E-state index contributed by atoms with van der Waals surface area (Å²) in [5, 5.41) is 28.1. The lowest BCUT2D eigenvalue weighted by Crippen LogP contribution is -2.48. The van der Waals surface area contributed by atoms with Gasteiger partial charge in [0.1, 0.15) is 17.7 Å². The number of hydrogen-bond acceptors (Lipinski definition) is 9. The van der Waals surface area contributed by atoms with Crippen LogP contribution in [-0.2, 0) is 14.3 Å². The highest BCUT2D eigenvalue weighted by Gasteiger charge is 2.29. The number of aliphatic hydroxyl groups is 2. The number of piperazine rings is 1. The van der Waals surface area contributed by atoms with Crippen LogP contribution in [0.4, 0.5) is 9.18 Å². The van der Waals surface area contributed by atoms with Gasteiger partial charge in [0.05, 0.1) is 30.7 Å². The number of carbonyl (C=O) groups is 2. The summed E-state index contributed by atoms with van der Waals surface area (Å²) in [4.78, 5) is 29.7. The van der Waals surface area contributed by atoms with Crippen molar-refractivity contribution in [3.05, 3.63) is 41.2 Å². The minimum atomic E-state index is -0.898. The first-order valence-corrected chi connectivity index (χ1v) is 15.0. The monoisotopic (exact) mass is 601 g/mol. The predicted molar refractivity (Wildman–Crippen MR) is 159 cm³/mol. The van der Waals surface area contributed by atoms with E-state index in [9.17, 15) is 24.2 Å². The Morgan fingerprint density at radius 2 is 1.93 bits per heavy atom. The van der Waals surface area contributed by atoms with Crippen LogP contribution >= 0.6 is 0 Å². The third kappa shape index (κ3) is 8.18. The molecule has 0 radical (unpaired) electrons. The molecule has 2 N–H and O–H groups in total. The zero-order valence-corrected chi connectivity index (χ0v) is 25.6. The number of ether oxygens (including phenoxy) is 2. The van der Waals surface area contributed by atoms with Crippen molar-refractivity contribution in [3.8, 4) is 0 Å². The SMILES string of the molecule is C/C(=C\c1cc(F)c2nnn([C@@H](C)CO)c2c1)[C@H]1OC(=O)C[C@@H](O)CC[C@@H](C)[C@@H](OC(=O)N2CCN(C)CC2)/C=C/[C@@H]1C. The number of carbonyl (C=O) groups excluding carboxylic acids is 2. The topological polar surface area (TPSA) is 130 Å². The molecule has 3 heterocycles. The number of rotatable bonds is 5. The van der Waals surface area contributed by atoms with Crippen LogP contribution in [0.5, 0.6) is 0 Å². The molecule has 1 aromatic heterocycles. The lowest BCUT2D eigenvalue weighted by molar-refractivity contribution is -0.151. The molecule has 0 unspecified atom stereocenters. The van der Waals surface area contributed by atoms with Crippen LogP contribution in [0.3, 0.4) is 0 Å². The van der Waals surface area contributed by atoms with E-state index in [1.165, 1.54) is 10.7 Å². The molecule has 2 aliphatic heterocycles. The number of amides is 1. The molecule has 11 nitrogen and oxygen atoms in total. The standard InChI is InChI=1S/C31H44FN5O6/c1-19-6-8-24(39)17-28(40)43-30(20(2)7-9-27(19)42-31(41)36-12-10-35(5)11-13-36)21(3)14-23-15-25(32)29-26(16-23)37(34-33-29)22(4)18-38/h7,9,14-16,19-20,22,24,27,30,38-39H,6,8,10-13,17-18H2,1-5H3/b9-7+,21-14+/t19-,20+,22+,24+,27+,30+/m1/s1. The van der Waals surface area contributed by atoms with E-state index in [1.807, 2.05) is 33.0 Å². The molecule has 1 fully saturated rings. The fourth-order valence-electron chi connectivity index (χ4n) is 5.48. The first-order chi connectivity index (χ1) is 20.5. The molecular weight excluding hydrogens is 557 g/mol. The minimum Gasteiger partial charge on any atom is -0.457 e. The van der Waals surface area contributed by atoms with E-state index in [0.717, 1.165) is 13.1 Å². The van der Waals surface area contributed by atoms with Gasteiger partial charge in [-0.15, -0.1) is 5.10 Å². The van der Waals surface area contributed by atoms with Crippen molar-refractivity contribution in [1.82, 2.24) is 24.8 Å². The van der Waals surface area contributed by atoms with Gasteiger partial charge in [-0.2, -0.15) is 0 Å². The van der Waals surface area contributed by atoms with E-state index in [2.05, 4.69) is 15.2 Å². The second-order valence-electron chi connectivity index (χ2n) is 12.0. The Balaban J connectivity index is 1.61. The van der Waals surface area contributed by atoms with Crippen LogP contribution in [0.15, 0.2) is 29.9 Å². The van der Waals surface area contributed by atoms with Gasteiger partial charge in [-0.3, -0.25) is 4.79 Å². The summed E-state index contributed by atoms with van der Waals surface area (Å²) < 4.78 is 28.3. The van der Waals surface area contributed by atoms with E-state index >= 15 is 0 Å². The summed E-state index contributed by atoms with van der Waals surface area (Å²) in [6, 6.07) is 2.67. The molecule has 0 spiro atoms. The van der Waals surface area contributed by atoms with Crippen molar-refractivity contribution < 1.29 is 33.7 Å². The third-order valence-electron chi connectivity index (χ3n) is 8.34. The molecule has 43 heavy (non-hydrogen) atoms. The van der Waals surface area contributed by atoms with Crippen LogP contribution in [0.25, 0.3) is 17.1 Å². The van der Waals surface area contributed by atoms with E-state index in [1.54, 1.807) is 30.9 Å². The average molecular weight is 602 g/mol. The van der Waals surface area contributed by atoms with Crippen LogP contribution < -0.4 is 0 Å². The van der Waals surface area contributed by atoms with Crippen molar-refractivity contribution in [3.63, 3.8) is 0 Å². The summed E-state index contributed by atoms with van der Waals surface area (Å²) in [5.74, 6) is -1.50. The van der Waals surface area contributed by atoms with Crippen molar-refractivity contribution in [1.29, 1.82) is 0 Å². The maximum Gasteiger partial charge on any atom is 0.410 e. The van der Waals surface area contributed by atoms with Crippen LogP contribution in [-0.4, -0.2) is 105 Å². The zero-order valence-electron chi connectivity index (χ0n) is 25.6. The minimum absolute atomic E-state index is 0.0884. The number of cyclic esters (lactones) is 1. The Bertz CT molecular complexity index is 1340. The number of hydrogen-bond donors (Lipinski definition) is 2. The summed E-state index contributed by atoms with van der Waals surface area (Å²) in [6.45, 7) is 9.99. The van der Waals surface area contributed by atoms with Crippen molar-refractivity contribution in [2.45, 2.75) is 71.3 Å². The molecule has 1 amide bonds. The summed E-state index contributed by atoms with van der Waals surface area (Å²) in [6.07, 6.45) is 3.71. The quantitative estimate of drug-likeness (QED) is 0.390. The van der Waals surface area contributed by atoms with E-state index in [4.69, 9.17) is 9.47 Å². The second kappa shape index (κ2) is 14.4. The molecule has 6 atom stereocenters. The van der Waals surface area contributed by atoms with E-state index < -0.39 is 36.1 Å². The first kappa shape index (κ1) is 32.6. The molecule has 0 saturated carbocycles. The maximum absolute atomic E-state index is 15.0. The number of nitrogens with zero attached hydrogens (tertiary/aromatic N) is 5. The summed E-state index contributed by atoms with van der Waals surface area (Å²) in [5.41, 5.74) is 1.71. The number of fused-ring (bicyclic) bond motifs is 1. The highest BCUT2D eigenvalue weighted by atomic mass is 19.1. The Hall–Kier alpha value is -3.35. The maximum atomic E-state index is 15.0. The highest BCUT2D eigenvalue weighted by Crippen LogP contribution is 2.27. The number of esters is 1. The van der Waals surface area contributed by atoms with Crippen molar-refractivity contribution in [2.24, 2.45) is 11.8 Å². The summed E-state index contributed by atoms with van der Waals surface area (Å²) in [7, 11) is 2.02. The number of aromatic nitrogens is 3. The lowest BCUT2D eigenvalue weighted by Gasteiger charge is -2.33. The Morgan fingerprint density at radius 3 is 2.63 bits per heavy atom. The Morgan fingerprint density at radius 1 is 1.21 bits per heavy atom. The number of benzene rings is 1. The molecular formula is C31H44FN5O6. The Kier molecular flexibility index (Phi) is 10.9. The van der Waals surface area contributed by atoms with E-state index in [-0.39, 0.29) is 36.5 Å². The zero-order chi connectivity index (χ0) is 31.3. The third-order valence-corrected chi connectivity index (χ3v) is 8.34. The normalized spacial score (nSPS) is 28.1. The molecule has 1 saturated heterocycles. The molecule has 2 aliphatic rings. The highest BCUT2D eigenvalue weighted by molar-refractivity contribution is 5.79. The molecule has 1 aromatic carbocycles. The van der Waals surface area contributed by atoms with Gasteiger partial charge in [-0.05, 0) is 69.0 Å². The van der Waals surface area contributed by atoms with Crippen LogP contribution in [0.2, 0.25) is 0 Å². The molecule has 0 aliphatic carbocycles. The molecule has 12 heteroatoms. The number of aliphatic hydroxyl groups excluding tert-OH is 2. The van der Waals surface area contributed by atoms with Gasteiger partial charge in [0, 0.05) is 32.1 Å². The van der Waals surface area contributed by atoms with Gasteiger partial charge in [-0.1, -0.05) is 31.2 Å². The molecule has 4 rings (SSSR count). The van der Waals surface area contributed by atoms with Gasteiger partial charge in [-0.25, -0.2) is 13.9 Å². The summed E-state index contributed by atoms with van der Waals surface area (Å²) >= 11 is 0. The predicted octanol–water partition coefficient (Wildman–Crippen LogP) is 3.56. The largest absolute Gasteiger partial charge is 0.457 e. The van der Waals surface area contributed by atoms with E-state index in [0.29, 0.717) is 42.6 Å². The van der Waals surface area contributed by atoms with Gasteiger partial charge < -0.3 is 29.5 Å². The smallest absolute Gasteiger partial charge is 0.410 e. The van der Waals surface area contributed by atoms with Gasteiger partial charge >= 0.3 is 12.1 Å². The van der Waals surface area contributed by atoms with Crippen molar-refractivity contribution >= 4 is 29.2 Å². The average Bonchev–Trinajstić information content (AvgIpc) is 3.40. The molecule has 2 aromatic rings. The fraction of sp³-hybridized carbons (Fsp3) is 0.613. The van der Waals surface area contributed by atoms with Crippen LogP contribution in [0.1, 0.15) is 58.6 Å². The number of halogens is 1. The van der Waals surface area contributed by atoms with Crippen LogP contribution in [0, 0.1) is 17.7 Å². The molecule has 236 valence electrons. The Labute approximate surface area is 251 Å². The fourth-order valence-corrected chi connectivity index (χ4v) is 5.48. The first-order valence-electron chi connectivity index (χ1n) is 15.0. The second-order valence-corrected chi connectivity index (χ2v) is 12.0. The van der Waals surface area contributed by atoms with Gasteiger partial charge in [0.15, 0.2) is 5.82 Å². The van der Waals surface area contributed by atoms with Crippen molar-refractivity contribution in [2.75, 3.05) is 39.8 Å². The number of likely N-dealkylation sites (N-methyl/N-ethyl adjacent to an activating group) is 1.